The lowest BCUT2D eigenvalue weighted by Crippen LogP contribution is -2.52. The first-order valence-electron chi connectivity index (χ1n) is 12.6. The highest BCUT2D eigenvalue weighted by Crippen LogP contribution is 2.33. The molecule has 2 aliphatic heterocycles. The van der Waals surface area contributed by atoms with E-state index in [0.29, 0.717) is 6.04 Å². The second-order valence-corrected chi connectivity index (χ2v) is 9.92. The predicted molar refractivity (Wildman–Crippen MR) is 141 cm³/mol. The zero-order valence-electron chi connectivity index (χ0n) is 21.0. The molecule has 2 aromatic heterocycles. The number of benzene rings is 1. The first kappa shape index (κ1) is 24.0. The minimum atomic E-state index is -0.965. The number of nitrogens with zero attached hydrogens (tertiary/aromatic N) is 5. The number of hydrogen-bond acceptors (Lipinski definition) is 6. The molecule has 2 fully saturated rings. The second kappa shape index (κ2) is 9.76. The monoisotopic (exact) mass is 489 g/mol. The van der Waals surface area contributed by atoms with E-state index in [4.69, 9.17) is 4.98 Å². The number of halogens is 1. The fraction of sp³-hybridized carbons (Fsp3) is 0.393. The summed E-state index contributed by atoms with van der Waals surface area (Å²) in [5, 5.41) is 9.26. The summed E-state index contributed by atoms with van der Waals surface area (Å²) in [6.45, 7) is 9.67. The number of piperazine rings is 1. The van der Waals surface area contributed by atoms with Crippen LogP contribution in [0.1, 0.15) is 42.6 Å². The Hall–Kier alpha value is -3.68. The second-order valence-electron chi connectivity index (χ2n) is 9.92. The van der Waals surface area contributed by atoms with Crippen molar-refractivity contribution in [1.29, 1.82) is 0 Å². The first-order chi connectivity index (χ1) is 17.3. The third-order valence-corrected chi connectivity index (χ3v) is 7.34. The molecular weight excluding hydrogens is 457 g/mol. The highest BCUT2D eigenvalue weighted by atomic mass is 19.1. The van der Waals surface area contributed by atoms with Crippen molar-refractivity contribution in [2.24, 2.45) is 0 Å². The fourth-order valence-electron chi connectivity index (χ4n) is 5.41. The maximum Gasteiger partial charge on any atom is 0.337 e. The molecule has 1 aromatic carbocycles. The molecule has 0 bridgehead atoms. The smallest absolute Gasteiger partial charge is 0.337 e. The van der Waals surface area contributed by atoms with E-state index in [-0.39, 0.29) is 17.4 Å². The van der Waals surface area contributed by atoms with E-state index in [1.807, 2.05) is 6.92 Å². The molecule has 0 amide bonds. The van der Waals surface area contributed by atoms with Gasteiger partial charge in [-0.05, 0) is 75.6 Å². The Labute approximate surface area is 211 Å². The van der Waals surface area contributed by atoms with Crippen LogP contribution >= 0.6 is 0 Å². The van der Waals surface area contributed by atoms with E-state index in [0.717, 1.165) is 73.2 Å². The summed E-state index contributed by atoms with van der Waals surface area (Å²) in [6, 6.07) is 13.1. The Morgan fingerprint density at radius 3 is 2.44 bits per heavy atom. The highest BCUT2D eigenvalue weighted by molar-refractivity contribution is 5.87. The van der Waals surface area contributed by atoms with Crippen molar-refractivity contribution in [3.63, 3.8) is 0 Å². The Morgan fingerprint density at radius 1 is 1.03 bits per heavy atom. The number of hydrogen-bond donors (Lipinski definition) is 1. The molecule has 0 saturated carbocycles. The molecule has 0 radical (unpaired) electrons. The average molecular weight is 490 g/mol. The van der Waals surface area contributed by atoms with E-state index in [2.05, 4.69) is 45.7 Å². The molecule has 4 heterocycles. The molecule has 1 N–H and O–H groups in total. The van der Waals surface area contributed by atoms with Gasteiger partial charge in [-0.1, -0.05) is 0 Å². The molecule has 0 unspecified atom stereocenters. The number of carboxylic acid groups (broad SMARTS) is 1. The largest absolute Gasteiger partial charge is 0.478 e. The number of aryl methyl sites for hydroxylation is 1. The van der Waals surface area contributed by atoms with Gasteiger partial charge in [0, 0.05) is 61.8 Å². The quantitative estimate of drug-likeness (QED) is 0.541. The summed E-state index contributed by atoms with van der Waals surface area (Å²) in [5.74, 6) is 0.578. The lowest BCUT2D eigenvalue weighted by Gasteiger charge is -2.42. The van der Waals surface area contributed by atoms with E-state index in [9.17, 15) is 14.3 Å². The Morgan fingerprint density at radius 2 is 1.81 bits per heavy atom. The van der Waals surface area contributed by atoms with Crippen molar-refractivity contribution in [3.05, 3.63) is 65.6 Å². The summed E-state index contributed by atoms with van der Waals surface area (Å²) in [6.07, 6.45) is 3.74. The number of pyridine rings is 2. The topological polar surface area (TPSA) is 72.8 Å². The van der Waals surface area contributed by atoms with Crippen LogP contribution in [0.5, 0.6) is 0 Å². The van der Waals surface area contributed by atoms with Crippen molar-refractivity contribution < 1.29 is 14.3 Å². The van der Waals surface area contributed by atoms with E-state index >= 15 is 0 Å². The Bertz CT molecular complexity index is 1270. The summed E-state index contributed by atoms with van der Waals surface area (Å²) in [4.78, 5) is 27.8. The first-order valence-corrected chi connectivity index (χ1v) is 12.6. The zero-order valence-corrected chi connectivity index (χ0v) is 21.0. The maximum absolute atomic E-state index is 13.6. The molecule has 0 spiro atoms. The molecular formula is C28H32FN5O2. The van der Waals surface area contributed by atoms with Crippen molar-refractivity contribution in [2.75, 3.05) is 40.9 Å². The van der Waals surface area contributed by atoms with Crippen LogP contribution in [0.25, 0.3) is 11.3 Å². The standard InChI is InChI=1S/C28H32FN5O2/c1-18-13-22(28(35)36)16-30-27(18)32-11-12-33(20(3)17-32)24-14-25(21-6-8-23(29)9-7-21)31-26(15-24)34-10-4-5-19(34)2/h6-9,13-16,19-20H,4-5,10-12,17H2,1-3H3,(H,35,36)/t19-,20-/m1/s1. The molecule has 8 heteroatoms. The van der Waals surface area contributed by atoms with Crippen molar-refractivity contribution in [2.45, 2.75) is 45.7 Å². The Balaban J connectivity index is 1.44. The van der Waals surface area contributed by atoms with Gasteiger partial charge in [-0.25, -0.2) is 19.2 Å². The average Bonchev–Trinajstić information content (AvgIpc) is 3.30. The van der Waals surface area contributed by atoms with Crippen LogP contribution in [0.15, 0.2) is 48.7 Å². The van der Waals surface area contributed by atoms with Gasteiger partial charge in [0.2, 0.25) is 0 Å². The minimum Gasteiger partial charge on any atom is -0.478 e. The molecule has 3 aromatic rings. The maximum atomic E-state index is 13.6. The van der Waals surface area contributed by atoms with Crippen LogP contribution in [0.4, 0.5) is 21.7 Å². The molecule has 5 rings (SSSR count). The van der Waals surface area contributed by atoms with Gasteiger partial charge >= 0.3 is 5.97 Å². The van der Waals surface area contributed by atoms with Crippen LogP contribution in [0.3, 0.4) is 0 Å². The van der Waals surface area contributed by atoms with Gasteiger partial charge in [0.1, 0.15) is 17.5 Å². The summed E-state index contributed by atoms with van der Waals surface area (Å²) >= 11 is 0. The van der Waals surface area contributed by atoms with E-state index in [1.165, 1.54) is 18.3 Å². The van der Waals surface area contributed by atoms with Gasteiger partial charge in [0.25, 0.3) is 0 Å². The van der Waals surface area contributed by atoms with Crippen molar-refractivity contribution in [1.82, 2.24) is 9.97 Å². The van der Waals surface area contributed by atoms with Gasteiger partial charge in [0.05, 0.1) is 11.3 Å². The minimum absolute atomic E-state index is 0.200. The van der Waals surface area contributed by atoms with E-state index in [1.54, 1.807) is 18.2 Å². The van der Waals surface area contributed by atoms with Gasteiger partial charge in [0.15, 0.2) is 0 Å². The van der Waals surface area contributed by atoms with Crippen molar-refractivity contribution >= 4 is 23.3 Å². The van der Waals surface area contributed by atoms with Gasteiger partial charge in [-0.3, -0.25) is 0 Å². The van der Waals surface area contributed by atoms with Crippen LogP contribution in [-0.2, 0) is 0 Å². The summed E-state index contributed by atoms with van der Waals surface area (Å²) in [5.41, 5.74) is 3.92. The number of carboxylic acids is 1. The SMILES string of the molecule is Cc1cc(C(=O)O)cnc1N1CCN(c2cc(-c3ccc(F)cc3)nc(N3CCC[C@H]3C)c2)[C@H](C)C1. The van der Waals surface area contributed by atoms with Crippen LogP contribution in [0.2, 0.25) is 0 Å². The van der Waals surface area contributed by atoms with E-state index < -0.39 is 5.97 Å². The lowest BCUT2D eigenvalue weighted by atomic mass is 10.1. The Kier molecular flexibility index (Phi) is 6.51. The number of carbonyl (C=O) groups is 1. The number of aromatic nitrogens is 2. The molecule has 0 aliphatic carbocycles. The van der Waals surface area contributed by atoms with Crippen LogP contribution in [0, 0.1) is 12.7 Å². The molecule has 2 atom stereocenters. The number of rotatable bonds is 5. The molecule has 36 heavy (non-hydrogen) atoms. The third-order valence-electron chi connectivity index (χ3n) is 7.34. The summed E-state index contributed by atoms with van der Waals surface area (Å²) < 4.78 is 13.6. The van der Waals surface area contributed by atoms with Crippen molar-refractivity contribution in [3.8, 4) is 11.3 Å². The molecule has 2 aliphatic rings. The fourth-order valence-corrected chi connectivity index (χ4v) is 5.41. The van der Waals surface area contributed by atoms with Gasteiger partial charge in [-0.2, -0.15) is 0 Å². The van der Waals surface area contributed by atoms with Gasteiger partial charge in [-0.15, -0.1) is 0 Å². The molecule has 188 valence electrons. The van der Waals surface area contributed by atoms with Gasteiger partial charge < -0.3 is 19.8 Å². The highest BCUT2D eigenvalue weighted by Gasteiger charge is 2.28. The predicted octanol–water partition coefficient (Wildman–Crippen LogP) is 4.99. The zero-order chi connectivity index (χ0) is 25.4. The summed E-state index contributed by atoms with van der Waals surface area (Å²) in [7, 11) is 0. The van der Waals surface area contributed by atoms with Crippen LogP contribution in [-0.4, -0.2) is 59.3 Å². The third kappa shape index (κ3) is 4.72. The normalized spacial score (nSPS) is 20.2. The molecule has 2 saturated heterocycles. The number of anilines is 3. The number of aromatic carboxylic acids is 1. The van der Waals surface area contributed by atoms with Crippen LogP contribution < -0.4 is 14.7 Å². The molecule has 7 nitrogen and oxygen atoms in total. The lowest BCUT2D eigenvalue weighted by molar-refractivity contribution is 0.0696.